The fraction of sp³-hybridized carbons (Fsp3) is 0.458. The summed E-state index contributed by atoms with van der Waals surface area (Å²) in [5.41, 5.74) is 4.38. The third-order valence-corrected chi connectivity index (χ3v) is 29.0. The van der Waals surface area contributed by atoms with Gasteiger partial charge in [0, 0.05) is 0 Å². The molecule has 2 aromatic carbocycles. The van der Waals surface area contributed by atoms with E-state index in [0.29, 0.717) is 10.7 Å². The Bertz CT molecular complexity index is 1070. The van der Waals surface area contributed by atoms with Crippen molar-refractivity contribution in [3.8, 4) is 11.1 Å². The number of rotatable bonds is 6. The monoisotopic (exact) mass is 543 g/mol. The number of fused-ring (bicyclic) bond motifs is 3. The number of nitrogens with one attached hydrogen (secondary N) is 1. The minimum absolute atomic E-state index is 0.220. The van der Waals surface area contributed by atoms with Crippen LogP contribution in [0.15, 0.2) is 48.5 Å². The molecule has 2 nitrogen and oxygen atoms in total. The van der Waals surface area contributed by atoms with Gasteiger partial charge in [-0.05, 0) is 0 Å². The third-order valence-electron chi connectivity index (χ3n) is 6.26. The average molecular weight is 546 g/mol. The van der Waals surface area contributed by atoms with Gasteiger partial charge in [0.1, 0.15) is 0 Å². The molecule has 0 unspecified atom stereocenters. The van der Waals surface area contributed by atoms with E-state index in [9.17, 15) is 0 Å². The van der Waals surface area contributed by atoms with E-state index in [0.717, 1.165) is 11.1 Å². The van der Waals surface area contributed by atoms with Crippen LogP contribution in [0.5, 0.6) is 0 Å². The van der Waals surface area contributed by atoms with Crippen LogP contribution in [0.25, 0.3) is 11.1 Å². The fourth-order valence-electron chi connectivity index (χ4n) is 5.70. The molecule has 0 fully saturated rings. The summed E-state index contributed by atoms with van der Waals surface area (Å²) in [6, 6.07) is 16.9. The second-order valence-corrected chi connectivity index (χ2v) is 57.9. The van der Waals surface area contributed by atoms with Gasteiger partial charge in [0.15, 0.2) is 0 Å². The van der Waals surface area contributed by atoms with E-state index in [1.807, 2.05) is 0 Å². The Morgan fingerprint density at radius 2 is 1.40 bits per heavy atom. The molecule has 30 heavy (non-hydrogen) atoms. The molecule has 0 atom stereocenters. The van der Waals surface area contributed by atoms with E-state index in [1.165, 1.54) is 11.1 Å². The van der Waals surface area contributed by atoms with Crippen molar-refractivity contribution in [1.82, 2.24) is 3.26 Å². The molecule has 0 heterocycles. The summed E-state index contributed by atoms with van der Waals surface area (Å²) >= 11 is -6.05. The molecule has 166 valence electrons. The van der Waals surface area contributed by atoms with E-state index >= 15 is 0 Å². The first-order chi connectivity index (χ1) is 13.3. The van der Waals surface area contributed by atoms with Crippen molar-refractivity contribution in [2.75, 3.05) is 6.61 Å². The SMILES string of the molecule is [CH2]=[Zr]([CH3])([Cl])([Cl])([CH2]CO[Si](C)(C)C)([NH]C(C)(C)C)[CH]1c2ccccc2-c2ccccc21. The van der Waals surface area contributed by atoms with E-state index in [2.05, 4.69) is 96.8 Å². The van der Waals surface area contributed by atoms with Crippen LogP contribution in [0.1, 0.15) is 35.5 Å². The van der Waals surface area contributed by atoms with Gasteiger partial charge in [-0.3, -0.25) is 0 Å². The van der Waals surface area contributed by atoms with Crippen molar-refractivity contribution in [1.29, 1.82) is 0 Å². The molecule has 0 bridgehead atoms. The van der Waals surface area contributed by atoms with Crippen LogP contribution in [-0.4, -0.2) is 24.7 Å². The van der Waals surface area contributed by atoms with Gasteiger partial charge in [0.25, 0.3) is 0 Å². The predicted molar refractivity (Wildman–Crippen MR) is 135 cm³/mol. The molecular weight excluding hydrogens is 508 g/mol. The zero-order valence-electron chi connectivity index (χ0n) is 19.5. The number of hydrogen-bond donors (Lipinski definition) is 1. The second-order valence-electron chi connectivity index (χ2n) is 12.5. The number of halogens is 2. The Morgan fingerprint density at radius 1 is 0.967 bits per heavy atom. The quantitative estimate of drug-likeness (QED) is 0.373. The maximum atomic E-state index is 8.05. The molecule has 0 radical (unpaired) electrons. The Kier molecular flexibility index (Phi) is 5.13. The molecule has 6 heteroatoms. The first-order valence-corrected chi connectivity index (χ1v) is 29.2. The summed E-state index contributed by atoms with van der Waals surface area (Å²) in [5.74, 6) is 0. The third kappa shape index (κ3) is 4.65. The van der Waals surface area contributed by atoms with Crippen LogP contribution in [0.4, 0.5) is 0 Å². The molecule has 3 rings (SSSR count). The van der Waals surface area contributed by atoms with Crippen molar-refractivity contribution < 1.29 is 17.7 Å². The molecule has 0 spiro atoms. The minimum atomic E-state index is -6.05. The molecule has 1 N–H and O–H groups in total. The zero-order chi connectivity index (χ0) is 22.7. The topological polar surface area (TPSA) is 21.3 Å². The molecule has 0 amide bonds. The van der Waals surface area contributed by atoms with Crippen molar-refractivity contribution >= 4 is 29.6 Å². The van der Waals surface area contributed by atoms with Gasteiger partial charge in [0.05, 0.1) is 0 Å². The summed E-state index contributed by atoms with van der Waals surface area (Å²) in [6.07, 6.45) is 0. The van der Waals surface area contributed by atoms with Crippen molar-refractivity contribution in [3.63, 3.8) is 0 Å². The summed E-state index contributed by atoms with van der Waals surface area (Å²) in [4.78, 5) is 0. The van der Waals surface area contributed by atoms with Crippen LogP contribution in [0.2, 0.25) is 28.4 Å². The van der Waals surface area contributed by atoms with Crippen molar-refractivity contribution in [2.45, 2.75) is 58.3 Å². The van der Waals surface area contributed by atoms with Crippen LogP contribution in [0.3, 0.4) is 0 Å². The van der Waals surface area contributed by atoms with Gasteiger partial charge < -0.3 is 0 Å². The number of hydrogen-bond acceptors (Lipinski definition) is 2. The van der Waals surface area contributed by atoms with E-state index in [4.69, 9.17) is 25.7 Å². The molecule has 0 saturated carbocycles. The predicted octanol–water partition coefficient (Wildman–Crippen LogP) is 7.88. The fourth-order valence-corrected chi connectivity index (χ4v) is 31.1. The average Bonchev–Trinajstić information content (AvgIpc) is 2.86. The maximum absolute atomic E-state index is 8.05. The Morgan fingerprint density at radius 3 is 1.80 bits per heavy atom. The Hall–Kier alpha value is -0.0900. The Labute approximate surface area is 185 Å². The molecule has 0 saturated heterocycles. The first kappa shape index (κ1) is 24.6. The summed E-state index contributed by atoms with van der Waals surface area (Å²) in [6.45, 7) is 13.4. The normalized spacial score (nSPS) is 18.6. The van der Waals surface area contributed by atoms with Crippen molar-refractivity contribution in [2.24, 2.45) is 0 Å². The van der Waals surface area contributed by atoms with Crippen LogP contribution >= 0.6 is 17.0 Å². The van der Waals surface area contributed by atoms with Crippen LogP contribution in [0, 0.1) is 0 Å². The van der Waals surface area contributed by atoms with E-state index in [1.54, 1.807) is 0 Å². The van der Waals surface area contributed by atoms with Gasteiger partial charge in [0.2, 0.25) is 0 Å². The zero-order valence-corrected chi connectivity index (χ0v) is 24.5. The molecule has 1 aliphatic rings. The van der Waals surface area contributed by atoms with Gasteiger partial charge >= 0.3 is 186 Å². The van der Waals surface area contributed by atoms with Gasteiger partial charge in [-0.2, -0.15) is 0 Å². The molecule has 0 aliphatic heterocycles. The Balaban J connectivity index is 2.33. The molecule has 1 aliphatic carbocycles. The van der Waals surface area contributed by atoms with Gasteiger partial charge in [-0.1, -0.05) is 0 Å². The molecular formula is C24H37Cl2NOSiZr. The summed E-state index contributed by atoms with van der Waals surface area (Å²) in [7, 11) is 14.4. The van der Waals surface area contributed by atoms with E-state index < -0.39 is 21.6 Å². The molecule has 2 aromatic rings. The second kappa shape index (κ2) is 6.27. The molecule has 0 aromatic heterocycles. The summed E-state index contributed by atoms with van der Waals surface area (Å²) < 4.78 is 17.4. The van der Waals surface area contributed by atoms with Crippen LogP contribution in [-0.2, 0) is 17.7 Å². The van der Waals surface area contributed by atoms with E-state index in [-0.39, 0.29) is 9.16 Å². The van der Waals surface area contributed by atoms with Gasteiger partial charge in [-0.25, -0.2) is 0 Å². The van der Waals surface area contributed by atoms with Crippen molar-refractivity contribution in [3.05, 3.63) is 59.7 Å². The first-order valence-electron chi connectivity index (χ1n) is 10.8. The standard InChI is InChI=1S/C13H9.C5H13OSi.C4H10N.CH3.CH2.2ClH.Zr/c1-3-7-12-10(5-1)9-11-6-2-4-8-13(11)12;1-5-6-7(2,3)4;1-4(2,3)5;;;;;/h1-9H;1,5H2,2-4H3;5H,1-3H3;1H3;1H2;2*1H;/q;;-1;;;;;+3/p-2. The van der Waals surface area contributed by atoms with Gasteiger partial charge in [-0.15, -0.1) is 0 Å². The van der Waals surface area contributed by atoms with Crippen LogP contribution < -0.4 is 3.26 Å². The summed E-state index contributed by atoms with van der Waals surface area (Å²) in [5, 5.41) is 0. The number of benzene rings is 2.